The molecule has 0 spiro atoms. The van der Waals surface area contributed by atoms with E-state index < -0.39 is 0 Å². The molecule has 1 aliphatic rings. The predicted octanol–water partition coefficient (Wildman–Crippen LogP) is 3.40. The molecule has 0 amide bonds. The van der Waals surface area contributed by atoms with Crippen LogP contribution in [0.1, 0.15) is 17.5 Å². The Morgan fingerprint density at radius 1 is 0.950 bits per heavy atom. The van der Waals surface area contributed by atoms with Gasteiger partial charge in [0.1, 0.15) is 0 Å². The number of hydrogen-bond donors (Lipinski definition) is 0. The quantitative estimate of drug-likeness (QED) is 0.844. The third-order valence-electron chi connectivity index (χ3n) is 4.04. The number of rotatable bonds is 4. The standard InChI is InChI=1S/C18H18N2/c19-13-18-12-17(11-15-7-3-1-4-8-15)20(18)14-16-9-5-2-6-10-16/h1-10,17-18H,11-12,14H2/t17-,18?/m0/s1. The van der Waals surface area contributed by atoms with Gasteiger partial charge in [0.05, 0.1) is 12.1 Å². The zero-order valence-electron chi connectivity index (χ0n) is 11.4. The van der Waals surface area contributed by atoms with Crippen LogP contribution in [0.5, 0.6) is 0 Å². The van der Waals surface area contributed by atoms with Crippen molar-refractivity contribution < 1.29 is 0 Å². The maximum absolute atomic E-state index is 9.23. The molecule has 2 heteroatoms. The van der Waals surface area contributed by atoms with Gasteiger partial charge in [-0.3, -0.25) is 4.90 Å². The number of hydrogen-bond acceptors (Lipinski definition) is 2. The average molecular weight is 262 g/mol. The van der Waals surface area contributed by atoms with Crippen LogP contribution in [0.3, 0.4) is 0 Å². The monoisotopic (exact) mass is 262 g/mol. The van der Waals surface area contributed by atoms with Crippen molar-refractivity contribution in [2.45, 2.75) is 31.5 Å². The van der Waals surface area contributed by atoms with Crippen LogP contribution in [0, 0.1) is 11.3 Å². The molecule has 1 aliphatic heterocycles. The second-order valence-electron chi connectivity index (χ2n) is 5.38. The highest BCUT2D eigenvalue weighted by Gasteiger charge is 2.37. The van der Waals surface area contributed by atoms with Gasteiger partial charge < -0.3 is 0 Å². The number of nitrogens with zero attached hydrogens (tertiary/aromatic N) is 2. The van der Waals surface area contributed by atoms with Crippen LogP contribution in [0.4, 0.5) is 0 Å². The minimum absolute atomic E-state index is 0.0731. The largest absolute Gasteiger partial charge is 0.280 e. The zero-order valence-corrected chi connectivity index (χ0v) is 11.4. The lowest BCUT2D eigenvalue weighted by molar-refractivity contribution is 0.0395. The molecule has 2 aromatic carbocycles. The van der Waals surface area contributed by atoms with Crippen LogP contribution >= 0.6 is 0 Å². The molecule has 0 aromatic heterocycles. The Kier molecular flexibility index (Phi) is 3.80. The van der Waals surface area contributed by atoms with E-state index in [2.05, 4.69) is 59.5 Å². The Bertz CT molecular complexity index is 586. The topological polar surface area (TPSA) is 27.0 Å². The highest BCUT2D eigenvalue weighted by atomic mass is 15.2. The molecule has 20 heavy (non-hydrogen) atoms. The summed E-state index contributed by atoms with van der Waals surface area (Å²) in [6.45, 7) is 0.872. The lowest BCUT2D eigenvalue weighted by Crippen LogP contribution is -2.55. The molecule has 2 nitrogen and oxygen atoms in total. The lowest BCUT2D eigenvalue weighted by Gasteiger charge is -2.45. The molecule has 0 bridgehead atoms. The van der Waals surface area contributed by atoms with Crippen LogP contribution in [0.2, 0.25) is 0 Å². The zero-order chi connectivity index (χ0) is 13.8. The Morgan fingerprint density at radius 3 is 2.15 bits per heavy atom. The summed E-state index contributed by atoms with van der Waals surface area (Å²) < 4.78 is 0. The van der Waals surface area contributed by atoms with Gasteiger partial charge in [0.25, 0.3) is 0 Å². The van der Waals surface area contributed by atoms with Gasteiger partial charge in [-0.25, -0.2) is 0 Å². The SMILES string of the molecule is N#CC1C[C@H](Cc2ccccc2)N1Cc1ccccc1. The smallest absolute Gasteiger partial charge is 0.0998 e. The molecule has 1 saturated heterocycles. The summed E-state index contributed by atoms with van der Waals surface area (Å²) in [6.07, 6.45) is 2.02. The molecule has 0 saturated carbocycles. The van der Waals surface area contributed by atoms with Crippen LogP contribution in [-0.4, -0.2) is 17.0 Å². The van der Waals surface area contributed by atoms with Gasteiger partial charge in [0.2, 0.25) is 0 Å². The molecule has 0 aliphatic carbocycles. The first-order valence-corrected chi connectivity index (χ1v) is 7.10. The summed E-state index contributed by atoms with van der Waals surface area (Å²) in [4.78, 5) is 2.32. The van der Waals surface area contributed by atoms with Gasteiger partial charge in [0.15, 0.2) is 0 Å². The fourth-order valence-corrected chi connectivity index (χ4v) is 2.89. The highest BCUT2D eigenvalue weighted by Crippen LogP contribution is 2.30. The fraction of sp³-hybridized carbons (Fsp3) is 0.278. The van der Waals surface area contributed by atoms with Gasteiger partial charge >= 0.3 is 0 Å². The van der Waals surface area contributed by atoms with Crippen molar-refractivity contribution in [1.82, 2.24) is 4.90 Å². The van der Waals surface area contributed by atoms with Crippen molar-refractivity contribution in [1.29, 1.82) is 5.26 Å². The molecule has 100 valence electrons. The summed E-state index contributed by atoms with van der Waals surface area (Å²) in [5, 5.41) is 9.23. The van der Waals surface area contributed by atoms with Crippen LogP contribution in [0.15, 0.2) is 60.7 Å². The van der Waals surface area contributed by atoms with Crippen molar-refractivity contribution in [2.24, 2.45) is 0 Å². The van der Waals surface area contributed by atoms with Crippen molar-refractivity contribution in [3.63, 3.8) is 0 Å². The van der Waals surface area contributed by atoms with Gasteiger partial charge in [0, 0.05) is 12.6 Å². The molecular formula is C18H18N2. The van der Waals surface area contributed by atoms with Gasteiger partial charge in [-0.05, 0) is 24.0 Å². The molecular weight excluding hydrogens is 244 g/mol. The summed E-state index contributed by atoms with van der Waals surface area (Å²) in [7, 11) is 0. The third kappa shape index (κ3) is 2.74. The normalized spacial score (nSPS) is 21.9. The Balaban J connectivity index is 1.68. The summed E-state index contributed by atoms with van der Waals surface area (Å²) >= 11 is 0. The van der Waals surface area contributed by atoms with Gasteiger partial charge in [-0.1, -0.05) is 60.7 Å². The maximum Gasteiger partial charge on any atom is 0.0998 e. The molecule has 0 N–H and O–H groups in total. The Labute approximate surface area is 120 Å². The molecule has 0 radical (unpaired) electrons. The van der Waals surface area contributed by atoms with E-state index in [0.717, 1.165) is 19.4 Å². The van der Waals surface area contributed by atoms with E-state index >= 15 is 0 Å². The van der Waals surface area contributed by atoms with Crippen LogP contribution in [0.25, 0.3) is 0 Å². The summed E-state index contributed by atoms with van der Waals surface area (Å²) in [5.74, 6) is 0. The minimum Gasteiger partial charge on any atom is -0.280 e. The summed E-state index contributed by atoms with van der Waals surface area (Å²) in [6, 6.07) is 23.9. The Hall–Kier alpha value is -2.11. The van der Waals surface area contributed by atoms with Crippen molar-refractivity contribution in [3.05, 3.63) is 71.8 Å². The number of benzene rings is 2. The van der Waals surface area contributed by atoms with E-state index in [4.69, 9.17) is 0 Å². The highest BCUT2D eigenvalue weighted by molar-refractivity contribution is 5.21. The molecule has 1 unspecified atom stereocenters. The molecule has 2 atom stereocenters. The van der Waals surface area contributed by atoms with Crippen molar-refractivity contribution in [2.75, 3.05) is 0 Å². The summed E-state index contributed by atoms with van der Waals surface area (Å²) in [5.41, 5.74) is 2.64. The molecule has 1 heterocycles. The number of nitriles is 1. The predicted molar refractivity (Wildman–Crippen MR) is 79.9 cm³/mol. The first-order chi connectivity index (χ1) is 9.86. The van der Waals surface area contributed by atoms with E-state index in [1.807, 2.05) is 12.1 Å². The van der Waals surface area contributed by atoms with Crippen LogP contribution < -0.4 is 0 Å². The van der Waals surface area contributed by atoms with Crippen molar-refractivity contribution >= 4 is 0 Å². The second kappa shape index (κ2) is 5.90. The minimum atomic E-state index is 0.0731. The second-order valence-corrected chi connectivity index (χ2v) is 5.38. The van der Waals surface area contributed by atoms with Gasteiger partial charge in [-0.15, -0.1) is 0 Å². The third-order valence-corrected chi connectivity index (χ3v) is 4.04. The lowest BCUT2D eigenvalue weighted by atomic mass is 9.88. The fourth-order valence-electron chi connectivity index (χ4n) is 2.89. The van der Waals surface area contributed by atoms with E-state index in [-0.39, 0.29) is 6.04 Å². The Morgan fingerprint density at radius 2 is 1.55 bits per heavy atom. The van der Waals surface area contributed by atoms with Crippen molar-refractivity contribution in [3.8, 4) is 6.07 Å². The van der Waals surface area contributed by atoms with E-state index in [0.29, 0.717) is 6.04 Å². The maximum atomic E-state index is 9.23. The van der Waals surface area contributed by atoms with Gasteiger partial charge in [-0.2, -0.15) is 5.26 Å². The first-order valence-electron chi connectivity index (χ1n) is 7.10. The molecule has 3 rings (SSSR count). The van der Waals surface area contributed by atoms with Crippen LogP contribution in [-0.2, 0) is 13.0 Å². The van der Waals surface area contributed by atoms with E-state index in [9.17, 15) is 5.26 Å². The molecule has 1 fully saturated rings. The number of likely N-dealkylation sites (tertiary alicyclic amines) is 1. The van der Waals surface area contributed by atoms with E-state index in [1.165, 1.54) is 11.1 Å². The van der Waals surface area contributed by atoms with E-state index in [1.54, 1.807) is 0 Å². The first kappa shape index (κ1) is 12.9. The molecule has 2 aromatic rings. The average Bonchev–Trinajstić information content (AvgIpc) is 2.51.